The smallest absolute Gasteiger partial charge is 0.245 e. The third kappa shape index (κ3) is 4.10. The second-order valence-electron chi connectivity index (χ2n) is 5.85. The van der Waals surface area contributed by atoms with Crippen molar-refractivity contribution in [2.45, 2.75) is 31.7 Å². The Labute approximate surface area is 154 Å². The zero-order valence-electron chi connectivity index (χ0n) is 14.9. The van der Waals surface area contributed by atoms with E-state index in [4.69, 9.17) is 0 Å². The molecular formula is C19H21N3O3S. The molecule has 26 heavy (non-hydrogen) atoms. The Morgan fingerprint density at radius 2 is 1.81 bits per heavy atom. The largest absolute Gasteiger partial charge is 0.325 e. The molecule has 0 aliphatic carbocycles. The Morgan fingerprint density at radius 3 is 2.38 bits per heavy atom. The Kier molecular flexibility index (Phi) is 6.14. The van der Waals surface area contributed by atoms with E-state index in [9.17, 15) is 18.5 Å². The van der Waals surface area contributed by atoms with Crippen molar-refractivity contribution < 1.29 is 13.2 Å². The molecule has 2 aromatic carbocycles. The second kappa shape index (κ2) is 8.13. The van der Waals surface area contributed by atoms with Gasteiger partial charge in [-0.25, -0.2) is 8.42 Å². The van der Waals surface area contributed by atoms with E-state index in [2.05, 4.69) is 5.32 Å². The van der Waals surface area contributed by atoms with Gasteiger partial charge in [0.1, 0.15) is 12.1 Å². The summed E-state index contributed by atoms with van der Waals surface area (Å²) in [6.07, 6.45) is 0. The summed E-state index contributed by atoms with van der Waals surface area (Å²) in [4.78, 5) is 12.5. The lowest BCUT2D eigenvalue weighted by Crippen LogP contribution is -2.45. The highest BCUT2D eigenvalue weighted by atomic mass is 32.2. The number of carbonyl (C=O) groups excluding carboxylic acids is 1. The summed E-state index contributed by atoms with van der Waals surface area (Å²) in [5, 5.41) is 11.9. The number of nitrogens with one attached hydrogen (secondary N) is 1. The highest BCUT2D eigenvalue weighted by molar-refractivity contribution is 7.89. The molecule has 6 nitrogen and oxygen atoms in total. The first-order chi connectivity index (χ1) is 12.3. The molecule has 0 radical (unpaired) electrons. The summed E-state index contributed by atoms with van der Waals surface area (Å²) >= 11 is 0. The minimum Gasteiger partial charge on any atom is -0.325 e. The predicted molar refractivity (Wildman–Crippen MR) is 100.0 cm³/mol. The van der Waals surface area contributed by atoms with Crippen molar-refractivity contribution in [2.24, 2.45) is 0 Å². The molecule has 0 aliphatic rings. The molecule has 7 heteroatoms. The normalized spacial score (nSPS) is 12.4. The van der Waals surface area contributed by atoms with Crippen LogP contribution in [-0.4, -0.2) is 31.2 Å². The van der Waals surface area contributed by atoms with Crippen molar-refractivity contribution in [1.82, 2.24) is 4.31 Å². The minimum atomic E-state index is -3.99. The van der Waals surface area contributed by atoms with E-state index in [1.807, 2.05) is 25.1 Å². The molecular weight excluding hydrogens is 350 g/mol. The fourth-order valence-corrected chi connectivity index (χ4v) is 4.32. The van der Waals surface area contributed by atoms with Gasteiger partial charge >= 0.3 is 0 Å². The van der Waals surface area contributed by atoms with Gasteiger partial charge in [0, 0.05) is 12.2 Å². The first-order valence-corrected chi connectivity index (χ1v) is 9.63. The molecule has 1 unspecified atom stereocenters. The van der Waals surface area contributed by atoms with Crippen LogP contribution in [0.3, 0.4) is 0 Å². The summed E-state index contributed by atoms with van der Waals surface area (Å²) in [6.45, 7) is 5.22. The standard InChI is InChI=1S/C19H21N3O3S/c1-4-22(26(24,25)18-8-6-5-7-16(18)13-20)15(3)19(23)21-17-11-9-14(2)10-12-17/h5-12,15H,4H2,1-3H3,(H,21,23). The molecule has 0 bridgehead atoms. The summed E-state index contributed by atoms with van der Waals surface area (Å²) in [5.41, 5.74) is 1.71. The van der Waals surface area contributed by atoms with E-state index in [0.717, 1.165) is 9.87 Å². The van der Waals surface area contributed by atoms with Crippen molar-refractivity contribution in [3.63, 3.8) is 0 Å². The number of likely N-dealkylation sites (N-methyl/N-ethyl adjacent to an activating group) is 1. The van der Waals surface area contributed by atoms with Crippen LogP contribution in [0.2, 0.25) is 0 Å². The third-order valence-corrected chi connectivity index (χ3v) is 6.14. The van der Waals surface area contributed by atoms with Crippen LogP contribution in [-0.2, 0) is 14.8 Å². The van der Waals surface area contributed by atoms with Crippen molar-refractivity contribution in [2.75, 3.05) is 11.9 Å². The lowest BCUT2D eigenvalue weighted by molar-refractivity contribution is -0.119. The van der Waals surface area contributed by atoms with E-state index in [-0.39, 0.29) is 17.0 Å². The van der Waals surface area contributed by atoms with Gasteiger partial charge in [-0.1, -0.05) is 36.8 Å². The van der Waals surface area contributed by atoms with Gasteiger partial charge in [0.25, 0.3) is 0 Å². The van der Waals surface area contributed by atoms with Crippen LogP contribution in [0.4, 0.5) is 5.69 Å². The van der Waals surface area contributed by atoms with E-state index in [1.54, 1.807) is 31.2 Å². The van der Waals surface area contributed by atoms with Crippen LogP contribution in [0.5, 0.6) is 0 Å². The maximum absolute atomic E-state index is 13.0. The fourth-order valence-electron chi connectivity index (χ4n) is 2.58. The molecule has 136 valence electrons. The number of benzene rings is 2. The van der Waals surface area contributed by atoms with E-state index < -0.39 is 22.0 Å². The van der Waals surface area contributed by atoms with Gasteiger partial charge in [0.05, 0.1) is 10.5 Å². The predicted octanol–water partition coefficient (Wildman–Crippen LogP) is 2.90. The van der Waals surface area contributed by atoms with Crippen LogP contribution < -0.4 is 5.32 Å². The zero-order valence-corrected chi connectivity index (χ0v) is 15.7. The second-order valence-corrected chi connectivity index (χ2v) is 7.71. The highest BCUT2D eigenvalue weighted by Gasteiger charge is 2.33. The van der Waals surface area contributed by atoms with Crippen molar-refractivity contribution in [1.29, 1.82) is 5.26 Å². The minimum absolute atomic E-state index is 0.0529. The fraction of sp³-hybridized carbons (Fsp3) is 0.263. The number of carbonyl (C=O) groups is 1. The van der Waals surface area contributed by atoms with Gasteiger partial charge < -0.3 is 5.32 Å². The Balaban J connectivity index is 2.29. The van der Waals surface area contributed by atoms with Crippen LogP contribution in [0.25, 0.3) is 0 Å². The zero-order chi connectivity index (χ0) is 19.3. The molecule has 1 amide bonds. The first-order valence-electron chi connectivity index (χ1n) is 8.19. The molecule has 0 aromatic heterocycles. The van der Waals surface area contributed by atoms with Gasteiger partial charge in [-0.3, -0.25) is 4.79 Å². The molecule has 0 aliphatic heterocycles. The molecule has 1 N–H and O–H groups in total. The number of hydrogen-bond acceptors (Lipinski definition) is 4. The summed E-state index contributed by atoms with van der Waals surface area (Å²) in [7, 11) is -3.99. The number of sulfonamides is 1. The topological polar surface area (TPSA) is 90.3 Å². The van der Waals surface area contributed by atoms with E-state index in [1.165, 1.54) is 19.1 Å². The Hall–Kier alpha value is -2.69. The first kappa shape index (κ1) is 19.6. The maximum atomic E-state index is 13.0. The van der Waals surface area contributed by atoms with Crippen LogP contribution in [0.15, 0.2) is 53.4 Å². The molecule has 0 saturated heterocycles. The average Bonchev–Trinajstić information content (AvgIpc) is 2.63. The van der Waals surface area contributed by atoms with Gasteiger partial charge in [0.2, 0.25) is 15.9 Å². The number of anilines is 1. The van der Waals surface area contributed by atoms with Crippen molar-refractivity contribution in [3.8, 4) is 6.07 Å². The van der Waals surface area contributed by atoms with Crippen LogP contribution in [0.1, 0.15) is 25.0 Å². The molecule has 0 heterocycles. The van der Waals surface area contributed by atoms with Crippen LogP contribution >= 0.6 is 0 Å². The highest BCUT2D eigenvalue weighted by Crippen LogP contribution is 2.22. The molecule has 1 atom stereocenters. The van der Waals surface area contributed by atoms with Gasteiger partial charge in [-0.2, -0.15) is 9.57 Å². The number of rotatable bonds is 6. The number of hydrogen-bond donors (Lipinski definition) is 1. The quantitative estimate of drug-likeness (QED) is 0.845. The number of nitriles is 1. The number of nitrogens with zero attached hydrogens (tertiary/aromatic N) is 2. The van der Waals surface area contributed by atoms with Crippen molar-refractivity contribution in [3.05, 3.63) is 59.7 Å². The lowest BCUT2D eigenvalue weighted by atomic mass is 10.2. The maximum Gasteiger partial charge on any atom is 0.245 e. The molecule has 0 fully saturated rings. The summed E-state index contributed by atoms with van der Waals surface area (Å²) < 4.78 is 27.1. The summed E-state index contributed by atoms with van der Waals surface area (Å²) in [6, 6.07) is 14.2. The third-order valence-electron chi connectivity index (χ3n) is 4.04. The van der Waals surface area contributed by atoms with Gasteiger partial charge in [-0.05, 0) is 38.1 Å². The molecule has 0 spiro atoms. The number of amides is 1. The lowest BCUT2D eigenvalue weighted by Gasteiger charge is -2.26. The molecule has 2 rings (SSSR count). The number of aryl methyl sites for hydroxylation is 1. The van der Waals surface area contributed by atoms with Gasteiger partial charge in [0.15, 0.2) is 0 Å². The molecule has 0 saturated carbocycles. The SMILES string of the molecule is CCN(C(C)C(=O)Nc1ccc(C)cc1)S(=O)(=O)c1ccccc1C#N. The summed E-state index contributed by atoms with van der Waals surface area (Å²) in [5.74, 6) is -0.436. The average molecular weight is 371 g/mol. The Morgan fingerprint density at radius 1 is 1.19 bits per heavy atom. The Bertz CT molecular complexity index is 931. The van der Waals surface area contributed by atoms with Crippen molar-refractivity contribution >= 4 is 21.6 Å². The van der Waals surface area contributed by atoms with E-state index >= 15 is 0 Å². The monoisotopic (exact) mass is 371 g/mol. The molecule has 2 aromatic rings. The van der Waals surface area contributed by atoms with Gasteiger partial charge in [-0.15, -0.1) is 0 Å². The van der Waals surface area contributed by atoms with Crippen LogP contribution in [0, 0.1) is 18.3 Å². The van der Waals surface area contributed by atoms with E-state index in [0.29, 0.717) is 5.69 Å².